The van der Waals surface area contributed by atoms with Crippen LogP contribution >= 0.6 is 0 Å². The monoisotopic (exact) mass is 244 g/mol. The van der Waals surface area contributed by atoms with Crippen LogP contribution in [0.25, 0.3) is 0 Å². The molecule has 96 valence electrons. The summed E-state index contributed by atoms with van der Waals surface area (Å²) >= 11 is 0. The Bertz CT molecular complexity index is 318. The zero-order valence-electron chi connectivity index (χ0n) is 9.55. The van der Waals surface area contributed by atoms with Gasteiger partial charge in [-0.05, 0) is 6.42 Å². The summed E-state index contributed by atoms with van der Waals surface area (Å²) < 4.78 is 0. The van der Waals surface area contributed by atoms with E-state index in [4.69, 9.17) is 15.3 Å². The summed E-state index contributed by atoms with van der Waals surface area (Å²) in [5.74, 6) is -5.96. The van der Waals surface area contributed by atoms with Crippen molar-refractivity contribution >= 4 is 17.9 Å². The highest BCUT2D eigenvalue weighted by molar-refractivity contribution is 5.94. The quantitative estimate of drug-likeness (QED) is 0.480. The summed E-state index contributed by atoms with van der Waals surface area (Å²) in [6.07, 6.45) is 2.18. The number of hydrogen-bond acceptors (Lipinski definition) is 3. The van der Waals surface area contributed by atoms with E-state index in [1.54, 1.807) is 0 Å². The Morgan fingerprint density at radius 1 is 1.24 bits per heavy atom. The third kappa shape index (κ3) is 8.86. The molecule has 6 nitrogen and oxygen atoms in total. The second-order valence-corrected chi connectivity index (χ2v) is 3.02. The fourth-order valence-corrected chi connectivity index (χ4v) is 0.683. The predicted molar refractivity (Wildman–Crippen MR) is 60.6 cm³/mol. The van der Waals surface area contributed by atoms with Crippen LogP contribution in [0.4, 0.5) is 0 Å². The number of carboxylic acid groups (broad SMARTS) is 3. The van der Waals surface area contributed by atoms with Gasteiger partial charge in [0.1, 0.15) is 0 Å². The SMILES string of the molecule is C=C(C(=O)O)C(CC(=O)O)C(=O)O.C=CCC. The van der Waals surface area contributed by atoms with Crippen molar-refractivity contribution in [3.05, 3.63) is 24.8 Å². The Hall–Kier alpha value is -2.11. The highest BCUT2D eigenvalue weighted by Gasteiger charge is 2.27. The summed E-state index contributed by atoms with van der Waals surface area (Å²) in [4.78, 5) is 30.8. The molecule has 1 atom stereocenters. The Kier molecular flexibility index (Phi) is 9.30. The molecule has 0 aliphatic carbocycles. The van der Waals surface area contributed by atoms with Crippen LogP contribution < -0.4 is 0 Å². The zero-order valence-corrected chi connectivity index (χ0v) is 9.55. The number of hydrogen-bond donors (Lipinski definition) is 3. The van der Waals surface area contributed by atoms with Gasteiger partial charge in [0, 0.05) is 5.57 Å². The normalized spacial score (nSPS) is 10.4. The van der Waals surface area contributed by atoms with Crippen molar-refractivity contribution in [3.8, 4) is 0 Å². The van der Waals surface area contributed by atoms with Crippen molar-refractivity contribution < 1.29 is 29.7 Å². The smallest absolute Gasteiger partial charge is 0.331 e. The maximum Gasteiger partial charge on any atom is 0.331 e. The Morgan fingerprint density at radius 3 is 1.82 bits per heavy atom. The van der Waals surface area contributed by atoms with E-state index >= 15 is 0 Å². The van der Waals surface area contributed by atoms with Crippen molar-refractivity contribution in [2.45, 2.75) is 19.8 Å². The topological polar surface area (TPSA) is 112 Å². The summed E-state index contributed by atoms with van der Waals surface area (Å²) in [6.45, 7) is 8.53. The van der Waals surface area contributed by atoms with E-state index in [0.717, 1.165) is 6.42 Å². The van der Waals surface area contributed by atoms with Gasteiger partial charge in [0.15, 0.2) is 0 Å². The molecule has 0 saturated heterocycles. The molecule has 0 radical (unpaired) electrons. The van der Waals surface area contributed by atoms with E-state index in [1.807, 2.05) is 6.08 Å². The highest BCUT2D eigenvalue weighted by atomic mass is 16.4. The lowest BCUT2D eigenvalue weighted by atomic mass is 9.97. The number of carbonyl (C=O) groups is 3. The van der Waals surface area contributed by atoms with E-state index < -0.39 is 35.8 Å². The summed E-state index contributed by atoms with van der Waals surface area (Å²) in [5, 5.41) is 25.1. The van der Waals surface area contributed by atoms with Crippen LogP contribution in [0.15, 0.2) is 24.8 Å². The van der Waals surface area contributed by atoms with Crippen molar-refractivity contribution in [2.24, 2.45) is 5.92 Å². The minimum absolute atomic E-state index is 0.630. The van der Waals surface area contributed by atoms with Gasteiger partial charge in [0.05, 0.1) is 12.3 Å². The van der Waals surface area contributed by atoms with Crippen LogP contribution in [0.5, 0.6) is 0 Å². The zero-order chi connectivity index (χ0) is 14.0. The minimum Gasteiger partial charge on any atom is -0.481 e. The largest absolute Gasteiger partial charge is 0.481 e. The molecular formula is C11H16O6. The summed E-state index contributed by atoms with van der Waals surface area (Å²) in [6, 6.07) is 0. The van der Waals surface area contributed by atoms with E-state index in [0.29, 0.717) is 0 Å². The van der Waals surface area contributed by atoms with Crippen molar-refractivity contribution in [1.29, 1.82) is 0 Å². The lowest BCUT2D eigenvalue weighted by molar-refractivity contribution is -0.148. The predicted octanol–water partition coefficient (Wildman–Crippen LogP) is 1.39. The third-order valence-corrected chi connectivity index (χ3v) is 1.66. The lowest BCUT2D eigenvalue weighted by Gasteiger charge is -2.08. The number of allylic oxidation sites excluding steroid dienone is 1. The molecule has 3 N–H and O–H groups in total. The van der Waals surface area contributed by atoms with Crippen molar-refractivity contribution in [3.63, 3.8) is 0 Å². The van der Waals surface area contributed by atoms with Gasteiger partial charge in [-0.3, -0.25) is 9.59 Å². The molecule has 0 bridgehead atoms. The van der Waals surface area contributed by atoms with Gasteiger partial charge < -0.3 is 15.3 Å². The Morgan fingerprint density at radius 2 is 1.65 bits per heavy atom. The molecule has 0 heterocycles. The van der Waals surface area contributed by atoms with Gasteiger partial charge in [-0.25, -0.2) is 4.79 Å². The Labute approximate surface area is 98.9 Å². The molecular weight excluding hydrogens is 228 g/mol. The molecule has 0 saturated carbocycles. The molecule has 0 fully saturated rings. The standard InChI is InChI=1S/C7H8O6.C4H8/c1-3(6(10)11)4(7(12)13)2-5(8)9;1-3-4-2/h4H,1-2H2,(H,8,9)(H,10,11)(H,12,13);3H,1,4H2,2H3. The van der Waals surface area contributed by atoms with Gasteiger partial charge in [-0.2, -0.15) is 0 Å². The fraction of sp³-hybridized carbons (Fsp3) is 0.364. The maximum absolute atomic E-state index is 10.4. The Balaban J connectivity index is 0. The number of rotatable bonds is 6. The highest BCUT2D eigenvalue weighted by Crippen LogP contribution is 2.14. The molecule has 0 aromatic rings. The van der Waals surface area contributed by atoms with E-state index in [2.05, 4.69) is 20.1 Å². The molecule has 0 aliphatic heterocycles. The van der Waals surface area contributed by atoms with Gasteiger partial charge >= 0.3 is 17.9 Å². The molecule has 1 unspecified atom stereocenters. The fourth-order valence-electron chi connectivity index (χ4n) is 0.683. The molecule has 0 aliphatic rings. The average Bonchev–Trinajstić information content (AvgIpc) is 2.24. The molecule has 17 heavy (non-hydrogen) atoms. The molecule has 6 heteroatoms. The molecule has 0 aromatic carbocycles. The molecule has 0 rings (SSSR count). The van der Waals surface area contributed by atoms with Crippen LogP contribution in [-0.4, -0.2) is 33.2 Å². The second kappa shape index (κ2) is 9.14. The van der Waals surface area contributed by atoms with Gasteiger partial charge in [0.2, 0.25) is 0 Å². The van der Waals surface area contributed by atoms with E-state index in [1.165, 1.54) is 0 Å². The van der Waals surface area contributed by atoms with Gasteiger partial charge in [-0.15, -0.1) is 6.58 Å². The minimum atomic E-state index is -1.57. The van der Waals surface area contributed by atoms with Crippen molar-refractivity contribution in [2.75, 3.05) is 0 Å². The molecule has 0 spiro atoms. The van der Waals surface area contributed by atoms with Crippen LogP contribution in [0.3, 0.4) is 0 Å². The summed E-state index contributed by atoms with van der Waals surface area (Å²) in [7, 11) is 0. The first-order valence-electron chi connectivity index (χ1n) is 4.75. The van der Waals surface area contributed by atoms with Crippen LogP contribution in [-0.2, 0) is 14.4 Å². The van der Waals surface area contributed by atoms with E-state index in [-0.39, 0.29) is 0 Å². The van der Waals surface area contributed by atoms with Crippen molar-refractivity contribution in [1.82, 2.24) is 0 Å². The molecule has 0 aromatic heterocycles. The number of carboxylic acids is 3. The van der Waals surface area contributed by atoms with Crippen LogP contribution in [0.2, 0.25) is 0 Å². The number of aliphatic carboxylic acids is 3. The van der Waals surface area contributed by atoms with Gasteiger partial charge in [-0.1, -0.05) is 19.6 Å². The first kappa shape index (κ1) is 17.3. The van der Waals surface area contributed by atoms with Gasteiger partial charge in [0.25, 0.3) is 0 Å². The first-order valence-corrected chi connectivity index (χ1v) is 4.75. The molecule has 0 amide bonds. The van der Waals surface area contributed by atoms with Crippen LogP contribution in [0, 0.1) is 5.92 Å². The lowest BCUT2D eigenvalue weighted by Crippen LogP contribution is -2.23. The first-order chi connectivity index (χ1) is 7.77. The third-order valence-electron chi connectivity index (χ3n) is 1.66. The van der Waals surface area contributed by atoms with Crippen LogP contribution in [0.1, 0.15) is 19.8 Å². The van der Waals surface area contributed by atoms with E-state index in [9.17, 15) is 14.4 Å². The summed E-state index contributed by atoms with van der Waals surface area (Å²) in [5.41, 5.74) is -0.630. The second-order valence-electron chi connectivity index (χ2n) is 3.02. The average molecular weight is 244 g/mol. The maximum atomic E-state index is 10.4.